The molecule has 3 amide bonds. The maximum Gasteiger partial charge on any atom is 0.243 e. The number of benzene rings is 2. The summed E-state index contributed by atoms with van der Waals surface area (Å²) in [5.74, 6) is -1.19. The Labute approximate surface area is 204 Å². The van der Waals surface area contributed by atoms with Crippen molar-refractivity contribution in [2.45, 2.75) is 77.2 Å². The summed E-state index contributed by atoms with van der Waals surface area (Å²) in [6, 6.07) is 9.68. The number of nitrogens with two attached hydrogens (primary N) is 1. The Morgan fingerprint density at radius 2 is 2.00 bits per heavy atom. The van der Waals surface area contributed by atoms with Gasteiger partial charge in [0.2, 0.25) is 17.7 Å². The Bertz CT molecular complexity index is 1140. The van der Waals surface area contributed by atoms with Gasteiger partial charge in [0, 0.05) is 24.8 Å². The van der Waals surface area contributed by atoms with E-state index in [9.17, 15) is 18.8 Å². The molecule has 2 aliphatic rings. The van der Waals surface area contributed by atoms with Gasteiger partial charge in [-0.2, -0.15) is 0 Å². The first-order valence-corrected chi connectivity index (χ1v) is 12.1. The Kier molecular flexibility index (Phi) is 7.50. The summed E-state index contributed by atoms with van der Waals surface area (Å²) in [4.78, 5) is 39.5. The van der Waals surface area contributed by atoms with Gasteiger partial charge in [0.05, 0.1) is 24.4 Å². The monoisotopic (exact) mass is 481 g/mol. The summed E-state index contributed by atoms with van der Waals surface area (Å²) in [5.41, 5.74) is 9.53. The smallest absolute Gasteiger partial charge is 0.243 e. The largest absolute Gasteiger partial charge is 0.372 e. The second-order valence-electron chi connectivity index (χ2n) is 9.49. The first-order chi connectivity index (χ1) is 16.7. The van der Waals surface area contributed by atoms with Crippen molar-refractivity contribution in [3.63, 3.8) is 0 Å². The fraction of sp³-hybridized carbons (Fsp3) is 0.444. The Balaban J connectivity index is 1.48. The summed E-state index contributed by atoms with van der Waals surface area (Å²) in [7, 11) is 0. The normalized spacial score (nSPS) is 18.5. The van der Waals surface area contributed by atoms with Gasteiger partial charge >= 0.3 is 0 Å². The van der Waals surface area contributed by atoms with Crippen molar-refractivity contribution < 1.29 is 23.5 Å². The lowest BCUT2D eigenvalue weighted by Crippen LogP contribution is -2.53. The predicted octanol–water partition coefficient (Wildman–Crippen LogP) is 3.08. The van der Waals surface area contributed by atoms with Gasteiger partial charge in [0.25, 0.3) is 0 Å². The first-order valence-electron chi connectivity index (χ1n) is 12.1. The lowest BCUT2D eigenvalue weighted by Gasteiger charge is -2.29. The van der Waals surface area contributed by atoms with E-state index < -0.39 is 24.1 Å². The van der Waals surface area contributed by atoms with Gasteiger partial charge in [-0.25, -0.2) is 4.39 Å². The molecule has 4 rings (SSSR count). The number of hydrogen-bond donors (Lipinski definition) is 2. The number of primary amides is 1. The van der Waals surface area contributed by atoms with Crippen LogP contribution in [0.2, 0.25) is 0 Å². The average molecular weight is 482 g/mol. The molecular formula is C27H32FN3O4. The first kappa shape index (κ1) is 24.9. The molecule has 35 heavy (non-hydrogen) atoms. The highest BCUT2D eigenvalue weighted by Gasteiger charge is 2.41. The van der Waals surface area contributed by atoms with E-state index in [1.807, 2.05) is 31.2 Å². The Morgan fingerprint density at radius 1 is 1.23 bits per heavy atom. The van der Waals surface area contributed by atoms with Crippen LogP contribution in [0.4, 0.5) is 10.1 Å². The molecule has 3 N–H and O–H groups in total. The molecule has 3 atom stereocenters. The quantitative estimate of drug-likeness (QED) is 0.575. The highest BCUT2D eigenvalue weighted by Crippen LogP contribution is 2.39. The van der Waals surface area contributed by atoms with Crippen LogP contribution in [0, 0.1) is 12.7 Å². The summed E-state index contributed by atoms with van der Waals surface area (Å²) >= 11 is 0. The van der Waals surface area contributed by atoms with Crippen LogP contribution in [0.5, 0.6) is 0 Å². The summed E-state index contributed by atoms with van der Waals surface area (Å²) in [6.45, 7) is 3.61. The molecule has 0 saturated heterocycles. The zero-order valence-corrected chi connectivity index (χ0v) is 20.2. The van der Waals surface area contributed by atoms with Gasteiger partial charge in [-0.15, -0.1) is 0 Å². The second-order valence-corrected chi connectivity index (χ2v) is 9.49. The fourth-order valence-corrected chi connectivity index (χ4v) is 4.94. The van der Waals surface area contributed by atoms with E-state index in [2.05, 4.69) is 5.32 Å². The van der Waals surface area contributed by atoms with E-state index in [-0.39, 0.29) is 37.1 Å². The zero-order valence-electron chi connectivity index (χ0n) is 20.2. The molecular weight excluding hydrogens is 449 g/mol. The number of rotatable bonds is 9. The van der Waals surface area contributed by atoms with Crippen LogP contribution in [0.1, 0.15) is 54.9 Å². The number of aryl methyl sites for hydroxylation is 2. The molecule has 0 aliphatic carbocycles. The van der Waals surface area contributed by atoms with E-state index in [0.29, 0.717) is 18.4 Å². The molecule has 2 aromatic rings. The summed E-state index contributed by atoms with van der Waals surface area (Å²) in [6.07, 6.45) is 2.21. The number of carbonyl (C=O) groups excluding carboxylic acids is 3. The van der Waals surface area contributed by atoms with Gasteiger partial charge in [-0.05, 0) is 55.9 Å². The third-order valence-corrected chi connectivity index (χ3v) is 6.88. The molecule has 0 radical (unpaired) electrons. The van der Waals surface area contributed by atoms with Crippen molar-refractivity contribution in [1.29, 1.82) is 0 Å². The van der Waals surface area contributed by atoms with Crippen molar-refractivity contribution in [2.24, 2.45) is 5.73 Å². The van der Waals surface area contributed by atoms with Crippen LogP contribution in [0.25, 0.3) is 0 Å². The number of halogens is 1. The molecule has 0 spiro atoms. The molecule has 2 heterocycles. The van der Waals surface area contributed by atoms with Gasteiger partial charge in [-0.3, -0.25) is 19.3 Å². The molecule has 8 heteroatoms. The van der Waals surface area contributed by atoms with E-state index in [1.54, 1.807) is 17.9 Å². The maximum atomic E-state index is 14.2. The third kappa shape index (κ3) is 5.53. The van der Waals surface area contributed by atoms with Crippen molar-refractivity contribution in [3.8, 4) is 0 Å². The average Bonchev–Trinajstić information content (AvgIpc) is 3.13. The highest BCUT2D eigenvalue weighted by atomic mass is 19.1. The molecule has 2 aliphatic heterocycles. The van der Waals surface area contributed by atoms with Crippen molar-refractivity contribution >= 4 is 23.4 Å². The minimum atomic E-state index is -0.658. The van der Waals surface area contributed by atoms with Crippen LogP contribution in [-0.2, 0) is 38.6 Å². The second kappa shape index (κ2) is 10.6. The lowest BCUT2D eigenvalue weighted by molar-refractivity contribution is -0.128. The van der Waals surface area contributed by atoms with E-state index in [0.717, 1.165) is 35.2 Å². The summed E-state index contributed by atoms with van der Waals surface area (Å²) in [5, 5.41) is 3.00. The van der Waals surface area contributed by atoms with Crippen LogP contribution in [-0.4, -0.2) is 35.9 Å². The highest BCUT2D eigenvalue weighted by molar-refractivity contribution is 6.04. The molecule has 2 aromatic carbocycles. The van der Waals surface area contributed by atoms with Crippen molar-refractivity contribution in [1.82, 2.24) is 5.32 Å². The number of anilines is 1. The number of nitrogens with one attached hydrogen (secondary N) is 1. The van der Waals surface area contributed by atoms with Gasteiger partial charge in [0.1, 0.15) is 11.9 Å². The van der Waals surface area contributed by atoms with Crippen LogP contribution < -0.4 is 16.0 Å². The minimum absolute atomic E-state index is 0.0268. The third-order valence-electron chi connectivity index (χ3n) is 6.88. The standard InChI is InChI=1S/C27H32FN3O4/c1-16-9-10-20(21(28)13-16)15-35-17(2)22(11-12-24(29)32)30-27(34)23-14-19-7-3-5-18-6-4-8-25(33)31(23)26(18)19/h3,5,7,9-10,13,17,22-23H,4,6,8,11-12,14-15H2,1-2H3,(H2,29,32)(H,30,34)/t17-,22+,23+/m1/s1. The Morgan fingerprint density at radius 3 is 2.74 bits per heavy atom. The number of carbonyl (C=O) groups is 3. The summed E-state index contributed by atoms with van der Waals surface area (Å²) < 4.78 is 20.1. The molecule has 0 unspecified atom stereocenters. The minimum Gasteiger partial charge on any atom is -0.372 e. The van der Waals surface area contributed by atoms with E-state index >= 15 is 0 Å². The predicted molar refractivity (Wildman–Crippen MR) is 130 cm³/mol. The number of nitrogens with zero attached hydrogens (tertiary/aromatic N) is 1. The van der Waals surface area contributed by atoms with Crippen molar-refractivity contribution in [3.05, 3.63) is 64.5 Å². The van der Waals surface area contributed by atoms with Crippen LogP contribution in [0.3, 0.4) is 0 Å². The van der Waals surface area contributed by atoms with E-state index in [1.165, 1.54) is 6.07 Å². The zero-order chi connectivity index (χ0) is 25.1. The molecule has 0 fully saturated rings. The van der Waals surface area contributed by atoms with Gasteiger partial charge in [0.15, 0.2) is 0 Å². The fourth-order valence-electron chi connectivity index (χ4n) is 4.94. The maximum absolute atomic E-state index is 14.2. The lowest BCUT2D eigenvalue weighted by atomic mass is 10.0. The number of para-hydroxylation sites is 1. The SMILES string of the molecule is Cc1ccc(CO[C@H](C)[C@H](CCC(N)=O)NC(=O)[C@@H]2Cc3cccc4c3N2C(=O)CCC4)c(F)c1. The molecule has 186 valence electrons. The molecule has 0 aromatic heterocycles. The van der Waals surface area contributed by atoms with Gasteiger partial charge < -0.3 is 15.8 Å². The van der Waals surface area contributed by atoms with Crippen LogP contribution >= 0.6 is 0 Å². The number of hydrogen-bond acceptors (Lipinski definition) is 4. The van der Waals surface area contributed by atoms with Crippen LogP contribution in [0.15, 0.2) is 36.4 Å². The van der Waals surface area contributed by atoms with Gasteiger partial charge in [-0.1, -0.05) is 30.3 Å². The molecule has 0 bridgehead atoms. The molecule has 7 nitrogen and oxygen atoms in total. The van der Waals surface area contributed by atoms with E-state index in [4.69, 9.17) is 10.5 Å². The Hall–Kier alpha value is -3.26. The topological polar surface area (TPSA) is 102 Å². The number of ether oxygens (including phenoxy) is 1. The van der Waals surface area contributed by atoms with Crippen molar-refractivity contribution in [2.75, 3.05) is 4.90 Å². The molecule has 0 saturated carbocycles. The number of amides is 3.